The Morgan fingerprint density at radius 3 is 2.53 bits per heavy atom. The lowest BCUT2D eigenvalue weighted by atomic mass is 10.4. The highest BCUT2D eigenvalue weighted by Crippen LogP contribution is 2.26. The lowest BCUT2D eigenvalue weighted by molar-refractivity contribution is 0.602. The molecule has 19 heavy (non-hydrogen) atoms. The molecule has 102 valence electrons. The highest BCUT2D eigenvalue weighted by molar-refractivity contribution is 7.98. The van der Waals surface area contributed by atoms with Gasteiger partial charge in [0.15, 0.2) is 9.84 Å². The number of nitrogens with one attached hydrogen (secondary N) is 1. The van der Waals surface area contributed by atoms with Crippen LogP contribution in [0.1, 0.15) is 5.01 Å². The van der Waals surface area contributed by atoms with Gasteiger partial charge < -0.3 is 0 Å². The molecule has 1 aromatic heterocycles. The zero-order valence-corrected chi connectivity index (χ0v) is 12.5. The smallest absolute Gasteiger partial charge is 0.219 e. The van der Waals surface area contributed by atoms with Crippen LogP contribution in [0.3, 0.4) is 0 Å². The van der Waals surface area contributed by atoms with Gasteiger partial charge in [0.1, 0.15) is 5.01 Å². The zero-order chi connectivity index (χ0) is 13.9. The molecule has 0 saturated heterocycles. The predicted octanol–water partition coefficient (Wildman–Crippen LogP) is 1.52. The molecule has 0 aliphatic heterocycles. The van der Waals surface area contributed by atoms with E-state index < -0.39 is 9.84 Å². The lowest BCUT2D eigenvalue weighted by Gasteiger charge is -2.01. The van der Waals surface area contributed by atoms with Gasteiger partial charge in [-0.25, -0.2) is 14.3 Å². The molecule has 3 N–H and O–H groups in total. The number of hydrazine groups is 1. The number of hydrogen-bond acceptors (Lipinski definition) is 8. The van der Waals surface area contributed by atoms with Crippen molar-refractivity contribution in [3.05, 3.63) is 29.3 Å². The first-order chi connectivity index (χ1) is 8.99. The molecule has 0 atom stereocenters. The number of nitrogen functional groups attached to an aromatic ring is 1. The molecule has 0 unspecified atom stereocenters. The molecular weight excluding hydrogens is 304 g/mol. The summed E-state index contributed by atoms with van der Waals surface area (Å²) in [6, 6.07) is 6.77. The molecule has 0 aliphatic rings. The van der Waals surface area contributed by atoms with Crippen molar-refractivity contribution in [2.24, 2.45) is 5.84 Å². The Bertz CT molecular complexity index is 652. The first-order valence-corrected chi connectivity index (χ1v) is 8.90. The lowest BCUT2D eigenvalue weighted by Crippen LogP contribution is -2.05. The van der Waals surface area contributed by atoms with Crippen LogP contribution in [0.25, 0.3) is 0 Å². The van der Waals surface area contributed by atoms with E-state index in [1.165, 1.54) is 17.6 Å². The molecular formula is C10H12N4O2S3. The third kappa shape index (κ3) is 3.90. The predicted molar refractivity (Wildman–Crippen MR) is 76.8 cm³/mol. The number of anilines is 1. The van der Waals surface area contributed by atoms with Crippen molar-refractivity contribution in [2.45, 2.75) is 15.5 Å². The van der Waals surface area contributed by atoms with E-state index in [0.29, 0.717) is 15.8 Å². The molecule has 0 bridgehead atoms. The molecule has 0 saturated carbocycles. The van der Waals surface area contributed by atoms with Crippen molar-refractivity contribution in [1.82, 2.24) is 10.2 Å². The molecule has 2 rings (SSSR count). The number of nitrogens with two attached hydrogens (primary N) is 1. The maximum Gasteiger partial charge on any atom is 0.219 e. The second-order valence-corrected chi connectivity index (χ2v) is 7.80. The number of hydrogen-bond donors (Lipinski definition) is 2. The maximum atomic E-state index is 11.3. The van der Waals surface area contributed by atoms with Crippen LogP contribution in [0.15, 0.2) is 34.1 Å². The van der Waals surface area contributed by atoms with Gasteiger partial charge in [0.2, 0.25) is 5.13 Å². The molecule has 0 aliphatic carbocycles. The number of nitrogens with zero attached hydrogens (tertiary/aromatic N) is 2. The molecule has 0 spiro atoms. The Labute approximate surface area is 119 Å². The third-order valence-corrected chi connectivity index (χ3v) is 5.39. The molecule has 6 nitrogen and oxygen atoms in total. The van der Waals surface area contributed by atoms with Crippen LogP contribution in [0.4, 0.5) is 5.13 Å². The minimum Gasteiger partial charge on any atom is -0.298 e. The highest BCUT2D eigenvalue weighted by atomic mass is 32.2. The molecule has 1 aromatic carbocycles. The monoisotopic (exact) mass is 316 g/mol. The Balaban J connectivity index is 2.00. The van der Waals surface area contributed by atoms with Gasteiger partial charge in [-0.1, -0.05) is 11.3 Å². The van der Waals surface area contributed by atoms with Crippen LogP contribution in [-0.4, -0.2) is 24.9 Å². The first kappa shape index (κ1) is 14.3. The number of sulfone groups is 1. The van der Waals surface area contributed by atoms with Gasteiger partial charge in [-0.15, -0.1) is 22.0 Å². The quantitative estimate of drug-likeness (QED) is 0.490. The SMILES string of the molecule is CS(=O)(=O)c1ccc(SCc2nnc(NN)s2)cc1. The number of benzene rings is 1. The van der Waals surface area contributed by atoms with Crippen LogP contribution in [0.5, 0.6) is 0 Å². The average Bonchev–Trinajstić information content (AvgIpc) is 2.84. The van der Waals surface area contributed by atoms with Crippen molar-refractivity contribution in [1.29, 1.82) is 0 Å². The van der Waals surface area contributed by atoms with Gasteiger partial charge in [0.05, 0.1) is 10.6 Å². The van der Waals surface area contributed by atoms with Crippen LogP contribution in [0.2, 0.25) is 0 Å². The summed E-state index contributed by atoms with van der Waals surface area (Å²) in [6.07, 6.45) is 1.19. The van der Waals surface area contributed by atoms with Gasteiger partial charge in [-0.05, 0) is 24.3 Å². The van der Waals surface area contributed by atoms with Crippen molar-refractivity contribution in [2.75, 3.05) is 11.7 Å². The van der Waals surface area contributed by atoms with Crippen molar-refractivity contribution >= 4 is 38.1 Å². The summed E-state index contributed by atoms with van der Waals surface area (Å²) in [5.74, 6) is 5.89. The number of rotatable bonds is 5. The minimum absolute atomic E-state index is 0.322. The summed E-state index contributed by atoms with van der Waals surface area (Å²) in [5.41, 5.74) is 2.44. The largest absolute Gasteiger partial charge is 0.298 e. The fourth-order valence-electron chi connectivity index (χ4n) is 1.30. The maximum absolute atomic E-state index is 11.3. The third-order valence-electron chi connectivity index (χ3n) is 2.20. The van der Waals surface area contributed by atoms with Crippen molar-refractivity contribution in [3.63, 3.8) is 0 Å². The molecule has 0 fully saturated rings. The Morgan fingerprint density at radius 2 is 2.00 bits per heavy atom. The van der Waals surface area contributed by atoms with Crippen LogP contribution in [0, 0.1) is 0 Å². The Kier molecular flexibility index (Phi) is 4.40. The van der Waals surface area contributed by atoms with Gasteiger partial charge in [-0.2, -0.15) is 0 Å². The summed E-state index contributed by atoms with van der Waals surface area (Å²) in [6.45, 7) is 0. The summed E-state index contributed by atoms with van der Waals surface area (Å²) >= 11 is 2.95. The summed E-state index contributed by atoms with van der Waals surface area (Å²) in [5, 5.41) is 9.23. The van der Waals surface area contributed by atoms with E-state index in [-0.39, 0.29) is 0 Å². The number of thioether (sulfide) groups is 1. The minimum atomic E-state index is -3.14. The van der Waals surface area contributed by atoms with Gasteiger partial charge in [0.25, 0.3) is 0 Å². The molecule has 1 heterocycles. The van der Waals surface area contributed by atoms with Crippen molar-refractivity contribution in [3.8, 4) is 0 Å². The second kappa shape index (κ2) is 5.87. The van der Waals surface area contributed by atoms with Crippen LogP contribution < -0.4 is 11.3 Å². The molecule has 2 aromatic rings. The highest BCUT2D eigenvalue weighted by Gasteiger charge is 2.07. The molecule has 0 amide bonds. The van der Waals surface area contributed by atoms with E-state index in [9.17, 15) is 8.42 Å². The normalized spacial score (nSPS) is 11.5. The van der Waals surface area contributed by atoms with E-state index in [2.05, 4.69) is 15.6 Å². The topological polar surface area (TPSA) is 98.0 Å². The summed E-state index contributed by atoms with van der Waals surface area (Å²) in [4.78, 5) is 1.30. The second-order valence-electron chi connectivity index (χ2n) is 3.68. The fourth-order valence-corrected chi connectivity index (χ4v) is 3.46. The van der Waals surface area contributed by atoms with Crippen molar-refractivity contribution < 1.29 is 8.42 Å². The Hall–Kier alpha value is -1.16. The average molecular weight is 316 g/mol. The van der Waals surface area contributed by atoms with E-state index in [4.69, 9.17) is 5.84 Å². The summed E-state index contributed by atoms with van der Waals surface area (Å²) in [7, 11) is -3.14. The number of aromatic nitrogens is 2. The van der Waals surface area contributed by atoms with Gasteiger partial charge in [0, 0.05) is 11.2 Å². The standard InChI is InChI=1S/C10H12N4O2S3/c1-19(15,16)8-4-2-7(3-5-8)17-6-9-13-14-10(12-11)18-9/h2-5H,6,11H2,1H3,(H,12,14). The zero-order valence-electron chi connectivity index (χ0n) is 10.0. The first-order valence-electron chi connectivity index (χ1n) is 5.21. The molecule has 9 heteroatoms. The van der Waals surface area contributed by atoms with E-state index in [1.807, 2.05) is 0 Å². The van der Waals surface area contributed by atoms with Crippen LogP contribution >= 0.6 is 23.1 Å². The van der Waals surface area contributed by atoms with E-state index >= 15 is 0 Å². The van der Waals surface area contributed by atoms with E-state index in [0.717, 1.165) is 9.90 Å². The molecule has 0 radical (unpaired) electrons. The van der Waals surface area contributed by atoms with Crippen LogP contribution in [-0.2, 0) is 15.6 Å². The van der Waals surface area contributed by atoms with E-state index in [1.54, 1.807) is 36.0 Å². The van der Waals surface area contributed by atoms with Gasteiger partial charge >= 0.3 is 0 Å². The Morgan fingerprint density at radius 1 is 1.32 bits per heavy atom. The van der Waals surface area contributed by atoms with Gasteiger partial charge in [-0.3, -0.25) is 5.43 Å². The summed E-state index contributed by atoms with van der Waals surface area (Å²) < 4.78 is 22.6. The fraction of sp³-hybridized carbons (Fsp3) is 0.200.